The van der Waals surface area contributed by atoms with Crippen LogP contribution in [0.1, 0.15) is 15.9 Å². The van der Waals surface area contributed by atoms with Crippen molar-refractivity contribution in [3.63, 3.8) is 0 Å². The molecule has 2 aromatic carbocycles. The smallest absolute Gasteiger partial charge is 0.275 e. The van der Waals surface area contributed by atoms with Gasteiger partial charge < -0.3 is 4.74 Å². The lowest BCUT2D eigenvalue weighted by atomic mass is 10.2. The number of halogens is 1. The van der Waals surface area contributed by atoms with E-state index in [0.29, 0.717) is 28.7 Å². The van der Waals surface area contributed by atoms with Gasteiger partial charge in [0.1, 0.15) is 11.6 Å². The molecule has 3 aromatic rings. The van der Waals surface area contributed by atoms with Crippen LogP contribution >= 0.6 is 34.9 Å². The summed E-state index contributed by atoms with van der Waals surface area (Å²) in [5.41, 5.74) is 3.95. The molecule has 0 aliphatic carbocycles. The Morgan fingerprint density at radius 1 is 1.00 bits per heavy atom. The van der Waals surface area contributed by atoms with Crippen LogP contribution in [0.25, 0.3) is 0 Å². The first-order valence-corrected chi connectivity index (χ1v) is 10.9. The SMILES string of the molecule is O=C1NN=C(CSc2nnc(SCc3ccc(F)cc3)s2)Oc2ccccc21. The number of hydrogen-bond donors (Lipinski definition) is 1. The van der Waals surface area contributed by atoms with Crippen LogP contribution in [0.5, 0.6) is 5.75 Å². The maximum atomic E-state index is 12.9. The highest BCUT2D eigenvalue weighted by Gasteiger charge is 2.18. The lowest BCUT2D eigenvalue weighted by molar-refractivity contribution is 0.0955. The van der Waals surface area contributed by atoms with Crippen LogP contribution < -0.4 is 10.2 Å². The van der Waals surface area contributed by atoms with Gasteiger partial charge in [0.15, 0.2) is 8.68 Å². The molecule has 0 saturated heterocycles. The summed E-state index contributed by atoms with van der Waals surface area (Å²) in [4.78, 5) is 12.0. The number of hydrazone groups is 1. The zero-order chi connectivity index (χ0) is 19.3. The van der Waals surface area contributed by atoms with Gasteiger partial charge in [0.2, 0.25) is 5.90 Å². The van der Waals surface area contributed by atoms with Crippen LogP contribution in [0.3, 0.4) is 0 Å². The monoisotopic (exact) mass is 432 g/mol. The number of fused-ring (bicyclic) bond motifs is 1. The number of thioether (sulfide) groups is 2. The van der Waals surface area contributed by atoms with Crippen molar-refractivity contribution in [3.05, 3.63) is 65.5 Å². The molecule has 0 saturated carbocycles. The molecule has 6 nitrogen and oxygen atoms in total. The van der Waals surface area contributed by atoms with Crippen molar-refractivity contribution in [3.8, 4) is 5.75 Å². The standard InChI is InChI=1S/C18H13FN4O2S3/c19-12-7-5-11(6-8-12)9-26-17-22-23-18(28-17)27-10-15-20-21-16(24)13-3-1-2-4-14(13)25-15/h1-8H,9-10H2,(H,21,24). The zero-order valence-electron chi connectivity index (χ0n) is 14.3. The van der Waals surface area contributed by atoms with E-state index in [4.69, 9.17) is 4.74 Å². The number of nitrogens with zero attached hydrogens (tertiary/aromatic N) is 3. The quantitative estimate of drug-likeness (QED) is 0.589. The van der Waals surface area contributed by atoms with Crippen LogP contribution in [0.15, 0.2) is 62.3 Å². The molecule has 0 spiro atoms. The van der Waals surface area contributed by atoms with Gasteiger partial charge in [-0.1, -0.05) is 59.1 Å². The molecule has 1 N–H and O–H groups in total. The second-order valence-corrected chi connectivity index (χ2v) is 9.00. The third kappa shape index (κ3) is 4.70. The molecule has 10 heteroatoms. The summed E-state index contributed by atoms with van der Waals surface area (Å²) in [6, 6.07) is 13.4. The Kier molecular flexibility index (Phi) is 5.89. The fourth-order valence-corrected chi connectivity index (χ4v) is 5.11. The molecule has 0 atom stereocenters. The lowest BCUT2D eigenvalue weighted by Crippen LogP contribution is -2.18. The highest BCUT2D eigenvalue weighted by atomic mass is 32.2. The Morgan fingerprint density at radius 3 is 2.50 bits per heavy atom. The number of rotatable bonds is 6. The number of aromatic nitrogens is 2. The van der Waals surface area contributed by atoms with Crippen molar-refractivity contribution >= 4 is 46.7 Å². The first-order chi connectivity index (χ1) is 13.7. The largest absolute Gasteiger partial charge is 0.440 e. The molecule has 0 unspecified atom stereocenters. The Balaban J connectivity index is 1.33. The van der Waals surface area contributed by atoms with Crippen molar-refractivity contribution in [1.82, 2.24) is 15.6 Å². The molecule has 0 radical (unpaired) electrons. The second-order valence-electron chi connectivity index (χ2n) is 5.58. The fraction of sp³-hybridized carbons (Fsp3) is 0.111. The minimum Gasteiger partial charge on any atom is -0.440 e. The summed E-state index contributed by atoms with van der Waals surface area (Å²) >= 11 is 4.45. The molecule has 4 rings (SSSR count). The average molecular weight is 433 g/mol. The van der Waals surface area contributed by atoms with Crippen LogP contribution in [-0.2, 0) is 5.75 Å². The van der Waals surface area contributed by atoms with E-state index in [1.807, 2.05) is 0 Å². The van der Waals surface area contributed by atoms with E-state index < -0.39 is 0 Å². The van der Waals surface area contributed by atoms with E-state index in [1.54, 1.807) is 48.2 Å². The maximum Gasteiger partial charge on any atom is 0.275 e. The molecule has 2 heterocycles. The van der Waals surface area contributed by atoms with Gasteiger partial charge in [0.25, 0.3) is 5.91 Å². The second kappa shape index (κ2) is 8.72. The molecular formula is C18H13FN4O2S3. The van der Waals surface area contributed by atoms with E-state index in [1.165, 1.54) is 35.2 Å². The molecule has 0 fully saturated rings. The van der Waals surface area contributed by atoms with Crippen molar-refractivity contribution in [2.75, 3.05) is 5.75 Å². The van der Waals surface area contributed by atoms with E-state index in [-0.39, 0.29) is 11.7 Å². The number of hydrogen-bond acceptors (Lipinski definition) is 8. The third-order valence-electron chi connectivity index (χ3n) is 3.62. The zero-order valence-corrected chi connectivity index (χ0v) is 16.7. The fourth-order valence-electron chi connectivity index (χ4n) is 2.29. The molecule has 0 bridgehead atoms. The topological polar surface area (TPSA) is 76.5 Å². The maximum absolute atomic E-state index is 12.9. The number of para-hydroxylation sites is 1. The molecule has 28 heavy (non-hydrogen) atoms. The summed E-state index contributed by atoms with van der Waals surface area (Å²) in [5, 5.41) is 12.3. The van der Waals surface area contributed by atoms with Gasteiger partial charge in [-0.3, -0.25) is 4.79 Å². The van der Waals surface area contributed by atoms with E-state index >= 15 is 0 Å². The average Bonchev–Trinajstić information content (AvgIpc) is 3.11. The van der Waals surface area contributed by atoms with Gasteiger partial charge in [-0.25, -0.2) is 9.82 Å². The van der Waals surface area contributed by atoms with Crippen LogP contribution in [0, 0.1) is 5.82 Å². The number of carbonyl (C=O) groups is 1. The number of amides is 1. The van der Waals surface area contributed by atoms with Gasteiger partial charge in [0, 0.05) is 5.75 Å². The minimum atomic E-state index is -0.300. The number of nitrogens with one attached hydrogen (secondary N) is 1. The number of carbonyl (C=O) groups excluding carboxylic acids is 1. The van der Waals surface area contributed by atoms with E-state index in [2.05, 4.69) is 20.7 Å². The molecule has 1 aliphatic heterocycles. The van der Waals surface area contributed by atoms with Gasteiger partial charge in [-0.05, 0) is 29.8 Å². The predicted molar refractivity (Wildman–Crippen MR) is 109 cm³/mol. The molecule has 1 aliphatic rings. The van der Waals surface area contributed by atoms with Crippen molar-refractivity contribution in [2.45, 2.75) is 14.4 Å². The first kappa shape index (κ1) is 18.9. The number of ether oxygens (including phenoxy) is 1. The summed E-state index contributed by atoms with van der Waals surface area (Å²) in [6.07, 6.45) is 0. The minimum absolute atomic E-state index is 0.245. The summed E-state index contributed by atoms with van der Waals surface area (Å²) in [7, 11) is 0. The molecule has 142 valence electrons. The highest BCUT2D eigenvalue weighted by molar-refractivity contribution is 8.03. The van der Waals surface area contributed by atoms with Gasteiger partial charge >= 0.3 is 0 Å². The lowest BCUT2D eigenvalue weighted by Gasteiger charge is -2.06. The van der Waals surface area contributed by atoms with Gasteiger partial charge in [-0.15, -0.1) is 15.3 Å². The Bertz CT molecular complexity index is 1020. The molecule has 1 aromatic heterocycles. The van der Waals surface area contributed by atoms with Crippen molar-refractivity contribution in [1.29, 1.82) is 0 Å². The summed E-state index contributed by atoms with van der Waals surface area (Å²) < 4.78 is 20.3. The molecule has 1 amide bonds. The van der Waals surface area contributed by atoms with Gasteiger partial charge in [-0.2, -0.15) is 0 Å². The van der Waals surface area contributed by atoms with Crippen LogP contribution in [0.4, 0.5) is 4.39 Å². The summed E-state index contributed by atoms with van der Waals surface area (Å²) in [6.45, 7) is 0. The predicted octanol–water partition coefficient (Wildman–Crippen LogP) is 4.20. The van der Waals surface area contributed by atoms with Crippen LogP contribution in [-0.4, -0.2) is 27.8 Å². The Labute approximate surface area is 172 Å². The highest BCUT2D eigenvalue weighted by Crippen LogP contribution is 2.31. The third-order valence-corrected chi connectivity index (χ3v) is 6.87. The number of benzene rings is 2. The Morgan fingerprint density at radius 2 is 1.71 bits per heavy atom. The van der Waals surface area contributed by atoms with Crippen molar-refractivity contribution in [2.24, 2.45) is 5.10 Å². The Hall–Kier alpha value is -2.43. The van der Waals surface area contributed by atoms with E-state index in [0.717, 1.165) is 14.2 Å². The normalized spacial score (nSPS) is 13.2. The van der Waals surface area contributed by atoms with Crippen molar-refractivity contribution < 1.29 is 13.9 Å². The van der Waals surface area contributed by atoms with Crippen LogP contribution in [0.2, 0.25) is 0 Å². The first-order valence-electron chi connectivity index (χ1n) is 8.15. The molecular weight excluding hydrogens is 419 g/mol. The van der Waals surface area contributed by atoms with Gasteiger partial charge in [0.05, 0.1) is 11.3 Å². The van der Waals surface area contributed by atoms with E-state index in [9.17, 15) is 9.18 Å². The summed E-state index contributed by atoms with van der Waals surface area (Å²) in [5.74, 6) is 1.42.